The summed E-state index contributed by atoms with van der Waals surface area (Å²) >= 11 is 5.89. The number of amides is 1. The Hall–Kier alpha value is -2.86. The number of aromatic nitrogens is 3. The van der Waals surface area contributed by atoms with E-state index in [1.165, 1.54) is 0 Å². The van der Waals surface area contributed by atoms with Gasteiger partial charge >= 0.3 is 0 Å². The summed E-state index contributed by atoms with van der Waals surface area (Å²) < 4.78 is 5.56. The number of halogens is 1. The molecule has 6 nitrogen and oxygen atoms in total. The predicted molar refractivity (Wildman–Crippen MR) is 92.0 cm³/mol. The van der Waals surface area contributed by atoms with Crippen molar-refractivity contribution >= 4 is 23.5 Å². The summed E-state index contributed by atoms with van der Waals surface area (Å²) in [6.07, 6.45) is -0.714. The van der Waals surface area contributed by atoms with Crippen LogP contribution in [0.2, 0.25) is 5.02 Å². The van der Waals surface area contributed by atoms with Crippen molar-refractivity contribution in [1.29, 1.82) is 0 Å². The fourth-order valence-corrected chi connectivity index (χ4v) is 2.23. The minimum Gasteiger partial charge on any atom is -0.481 e. The second-order valence-corrected chi connectivity index (χ2v) is 5.52. The lowest BCUT2D eigenvalue weighted by atomic mass is 10.2. The molecule has 0 fully saturated rings. The minimum absolute atomic E-state index is 0.264. The standard InChI is InChI=1S/C17H15ClN4O2/c1-11(24-14-9-5-8-13(18)10-14)16(23)20-17-19-15(21-22-17)12-6-3-2-4-7-12/h2-11H,1H3,(H2,19,20,21,22,23). The Kier molecular flexibility index (Phi) is 4.77. The summed E-state index contributed by atoms with van der Waals surface area (Å²) in [7, 11) is 0. The molecule has 1 aromatic heterocycles. The van der Waals surface area contributed by atoms with Crippen LogP contribution in [0.3, 0.4) is 0 Å². The van der Waals surface area contributed by atoms with Gasteiger partial charge in [0.1, 0.15) is 5.75 Å². The van der Waals surface area contributed by atoms with Crippen molar-refractivity contribution in [3.8, 4) is 17.1 Å². The third-order valence-electron chi connectivity index (χ3n) is 3.24. The Morgan fingerprint density at radius 1 is 1.21 bits per heavy atom. The number of hydrogen-bond donors (Lipinski definition) is 2. The predicted octanol–water partition coefficient (Wildman–Crippen LogP) is 3.53. The van der Waals surface area contributed by atoms with Crippen molar-refractivity contribution in [2.75, 3.05) is 5.32 Å². The molecule has 2 aromatic carbocycles. The molecule has 7 heteroatoms. The van der Waals surface area contributed by atoms with Crippen molar-refractivity contribution in [3.63, 3.8) is 0 Å². The van der Waals surface area contributed by atoms with E-state index in [-0.39, 0.29) is 11.9 Å². The van der Waals surface area contributed by atoms with Crippen LogP contribution in [-0.2, 0) is 4.79 Å². The van der Waals surface area contributed by atoms with Crippen LogP contribution < -0.4 is 10.1 Å². The van der Waals surface area contributed by atoms with Crippen LogP contribution in [0.15, 0.2) is 54.6 Å². The van der Waals surface area contributed by atoms with Gasteiger partial charge < -0.3 is 4.74 Å². The molecular weight excluding hydrogens is 328 g/mol. The molecule has 0 spiro atoms. The van der Waals surface area contributed by atoms with E-state index in [0.717, 1.165) is 5.56 Å². The molecule has 1 atom stereocenters. The van der Waals surface area contributed by atoms with E-state index in [0.29, 0.717) is 16.6 Å². The molecule has 0 saturated heterocycles. The van der Waals surface area contributed by atoms with Gasteiger partial charge in [-0.3, -0.25) is 10.1 Å². The van der Waals surface area contributed by atoms with Crippen molar-refractivity contribution in [1.82, 2.24) is 15.2 Å². The molecule has 0 radical (unpaired) electrons. The Morgan fingerprint density at radius 3 is 2.75 bits per heavy atom. The van der Waals surface area contributed by atoms with Gasteiger partial charge in [0.25, 0.3) is 5.91 Å². The number of carbonyl (C=O) groups is 1. The summed E-state index contributed by atoms with van der Waals surface area (Å²) in [5, 5.41) is 9.96. The van der Waals surface area contributed by atoms with Crippen molar-refractivity contribution < 1.29 is 9.53 Å². The Morgan fingerprint density at radius 2 is 2.00 bits per heavy atom. The van der Waals surface area contributed by atoms with Crippen LogP contribution in [0, 0.1) is 0 Å². The topological polar surface area (TPSA) is 79.9 Å². The minimum atomic E-state index is -0.714. The smallest absolute Gasteiger partial charge is 0.267 e. The molecule has 2 N–H and O–H groups in total. The fraction of sp³-hybridized carbons (Fsp3) is 0.118. The summed E-state index contributed by atoms with van der Waals surface area (Å²) in [5.41, 5.74) is 0.859. The van der Waals surface area contributed by atoms with E-state index < -0.39 is 6.10 Å². The maximum Gasteiger partial charge on any atom is 0.267 e. The highest BCUT2D eigenvalue weighted by molar-refractivity contribution is 6.30. The first-order valence-corrected chi connectivity index (χ1v) is 7.70. The molecule has 0 bridgehead atoms. The molecule has 3 aromatic rings. The highest BCUT2D eigenvalue weighted by Crippen LogP contribution is 2.19. The van der Waals surface area contributed by atoms with Gasteiger partial charge in [-0.25, -0.2) is 5.10 Å². The summed E-state index contributed by atoms with van der Waals surface area (Å²) in [6, 6.07) is 16.3. The maximum absolute atomic E-state index is 12.2. The SMILES string of the molecule is CC(Oc1cccc(Cl)c1)C(=O)Nc1nc(-c2ccccc2)n[nH]1. The monoisotopic (exact) mass is 342 g/mol. The van der Waals surface area contributed by atoms with E-state index >= 15 is 0 Å². The molecule has 1 amide bonds. The second-order valence-electron chi connectivity index (χ2n) is 5.08. The number of rotatable bonds is 5. The van der Waals surface area contributed by atoms with E-state index in [1.807, 2.05) is 30.3 Å². The lowest BCUT2D eigenvalue weighted by Gasteiger charge is -2.13. The van der Waals surface area contributed by atoms with E-state index in [1.54, 1.807) is 31.2 Å². The number of hydrogen-bond acceptors (Lipinski definition) is 4. The van der Waals surface area contributed by atoms with Crippen molar-refractivity contribution in [2.24, 2.45) is 0 Å². The first kappa shape index (κ1) is 16.0. The molecule has 0 saturated carbocycles. The molecule has 24 heavy (non-hydrogen) atoms. The molecule has 0 aliphatic rings. The molecule has 3 rings (SSSR count). The van der Waals surface area contributed by atoms with Gasteiger partial charge in [-0.1, -0.05) is 48.0 Å². The second kappa shape index (κ2) is 7.14. The average Bonchev–Trinajstić information content (AvgIpc) is 3.04. The van der Waals surface area contributed by atoms with Gasteiger partial charge in [-0.05, 0) is 25.1 Å². The van der Waals surface area contributed by atoms with Crippen LogP contribution in [0.25, 0.3) is 11.4 Å². The average molecular weight is 343 g/mol. The molecule has 0 aliphatic heterocycles. The number of H-pyrrole nitrogens is 1. The normalized spacial score (nSPS) is 11.8. The van der Waals surface area contributed by atoms with E-state index in [2.05, 4.69) is 20.5 Å². The Bertz CT molecular complexity index is 835. The molecule has 1 heterocycles. The van der Waals surface area contributed by atoms with Crippen LogP contribution in [0.1, 0.15) is 6.92 Å². The van der Waals surface area contributed by atoms with Gasteiger partial charge in [0.2, 0.25) is 5.95 Å². The number of nitrogens with one attached hydrogen (secondary N) is 2. The molecular formula is C17H15ClN4O2. The van der Waals surface area contributed by atoms with Crippen LogP contribution in [0.5, 0.6) is 5.75 Å². The van der Waals surface area contributed by atoms with Gasteiger partial charge in [0.05, 0.1) is 0 Å². The zero-order valence-corrected chi connectivity index (χ0v) is 13.6. The third-order valence-corrected chi connectivity index (χ3v) is 3.47. The fourth-order valence-electron chi connectivity index (χ4n) is 2.05. The van der Waals surface area contributed by atoms with Gasteiger partial charge in [0.15, 0.2) is 11.9 Å². The third kappa shape index (κ3) is 3.91. The lowest BCUT2D eigenvalue weighted by Crippen LogP contribution is -2.30. The number of nitrogens with zero attached hydrogens (tertiary/aromatic N) is 2. The van der Waals surface area contributed by atoms with Gasteiger partial charge in [0, 0.05) is 10.6 Å². The first-order chi connectivity index (χ1) is 11.6. The number of carbonyl (C=O) groups excluding carboxylic acids is 1. The van der Waals surface area contributed by atoms with Crippen molar-refractivity contribution in [3.05, 3.63) is 59.6 Å². The summed E-state index contributed by atoms with van der Waals surface area (Å²) in [5.74, 6) is 0.952. The van der Waals surface area contributed by atoms with Crippen LogP contribution in [-0.4, -0.2) is 27.2 Å². The quantitative estimate of drug-likeness (QED) is 0.743. The highest BCUT2D eigenvalue weighted by atomic mass is 35.5. The Balaban J connectivity index is 1.63. The number of aromatic amines is 1. The highest BCUT2D eigenvalue weighted by Gasteiger charge is 2.17. The van der Waals surface area contributed by atoms with Crippen LogP contribution in [0.4, 0.5) is 5.95 Å². The number of benzene rings is 2. The molecule has 0 aliphatic carbocycles. The zero-order chi connectivity index (χ0) is 16.9. The van der Waals surface area contributed by atoms with Gasteiger partial charge in [-0.15, -0.1) is 0 Å². The maximum atomic E-state index is 12.2. The van der Waals surface area contributed by atoms with E-state index in [9.17, 15) is 4.79 Å². The lowest BCUT2D eigenvalue weighted by molar-refractivity contribution is -0.122. The number of anilines is 1. The van der Waals surface area contributed by atoms with Gasteiger partial charge in [-0.2, -0.15) is 10.1 Å². The van der Waals surface area contributed by atoms with Crippen molar-refractivity contribution in [2.45, 2.75) is 13.0 Å². The van der Waals surface area contributed by atoms with E-state index in [4.69, 9.17) is 16.3 Å². The Labute approximate surface area is 143 Å². The largest absolute Gasteiger partial charge is 0.481 e. The zero-order valence-electron chi connectivity index (χ0n) is 12.9. The first-order valence-electron chi connectivity index (χ1n) is 7.33. The summed E-state index contributed by atoms with van der Waals surface area (Å²) in [6.45, 7) is 1.64. The number of ether oxygens (including phenoxy) is 1. The summed E-state index contributed by atoms with van der Waals surface area (Å²) in [4.78, 5) is 16.4. The molecule has 1 unspecified atom stereocenters. The molecule has 122 valence electrons. The van der Waals surface area contributed by atoms with Crippen LogP contribution >= 0.6 is 11.6 Å².